The molecule has 0 aliphatic carbocycles. The fraction of sp³-hybridized carbons (Fsp3) is 0.0357. The van der Waals surface area contributed by atoms with Crippen LogP contribution in [0.1, 0.15) is 15.2 Å². The summed E-state index contributed by atoms with van der Waals surface area (Å²) >= 11 is 10.6. The van der Waals surface area contributed by atoms with Crippen molar-refractivity contribution in [2.45, 2.75) is 0 Å². The van der Waals surface area contributed by atoms with Gasteiger partial charge < -0.3 is 16.4 Å². The second-order valence-corrected chi connectivity index (χ2v) is 9.22. The van der Waals surface area contributed by atoms with Crippen LogP contribution in [-0.2, 0) is 4.79 Å². The fourth-order valence-electron chi connectivity index (χ4n) is 3.02. The van der Waals surface area contributed by atoms with Gasteiger partial charge in [0.05, 0.1) is 17.0 Å². The third-order valence-corrected chi connectivity index (χ3v) is 6.54. The summed E-state index contributed by atoms with van der Waals surface area (Å²) in [4.78, 5) is 32.2. The molecule has 0 aliphatic heterocycles. The third kappa shape index (κ3) is 8.83. The van der Waals surface area contributed by atoms with E-state index >= 15 is 0 Å². The van der Waals surface area contributed by atoms with Crippen LogP contribution in [0.4, 0.5) is 17.1 Å². The number of nitrogens with one attached hydrogen (secondary N) is 2. The number of rotatable bonds is 4. The van der Waals surface area contributed by atoms with Crippen molar-refractivity contribution in [1.82, 2.24) is 9.97 Å². The predicted octanol–water partition coefficient (Wildman–Crippen LogP) is 6.29. The number of hydrogen-bond donors (Lipinski definition) is 4. The van der Waals surface area contributed by atoms with Gasteiger partial charge in [0.15, 0.2) is 0 Å². The Morgan fingerprint density at radius 2 is 1.49 bits per heavy atom. The summed E-state index contributed by atoms with van der Waals surface area (Å²) in [7, 11) is 0. The number of anilines is 3. The van der Waals surface area contributed by atoms with Crippen molar-refractivity contribution in [2.24, 2.45) is 0 Å². The third-order valence-electron chi connectivity index (χ3n) is 4.82. The standard InChI is InChI=1S/C14H11N3OS.C8H9NOS.C6H3ClN2/c15-11-10-7-4-8-16-14(10)19-12(11)13(18)17-9-5-2-1-3-6-9;10-8(6-11)9-7-4-2-1-3-5-7;7-6-5(4-8)2-1-3-9-6/h1-8H,15H2,(H,17,18);1-5,11H,6H2,(H,9,10);1-3H. The van der Waals surface area contributed by atoms with E-state index in [-0.39, 0.29) is 22.7 Å². The number of thiol groups is 1. The van der Waals surface area contributed by atoms with Gasteiger partial charge in [0.25, 0.3) is 5.91 Å². The molecule has 2 aromatic carbocycles. The van der Waals surface area contributed by atoms with Crippen LogP contribution in [-0.4, -0.2) is 27.5 Å². The molecule has 0 saturated carbocycles. The lowest BCUT2D eigenvalue weighted by molar-refractivity contribution is -0.113. The van der Waals surface area contributed by atoms with Crippen LogP contribution < -0.4 is 16.4 Å². The van der Waals surface area contributed by atoms with Crippen molar-refractivity contribution in [2.75, 3.05) is 22.1 Å². The molecule has 11 heteroatoms. The quantitative estimate of drug-likeness (QED) is 0.147. The number of para-hydroxylation sites is 2. The number of amides is 2. The number of hydrogen-bond acceptors (Lipinski definition) is 8. The molecule has 0 aliphatic rings. The van der Waals surface area contributed by atoms with E-state index in [4.69, 9.17) is 22.6 Å². The molecule has 5 rings (SSSR count). The predicted molar refractivity (Wildman–Crippen MR) is 161 cm³/mol. The molecule has 0 atom stereocenters. The minimum atomic E-state index is -0.202. The fourth-order valence-corrected chi connectivity index (χ4v) is 4.22. The molecule has 3 aromatic heterocycles. The van der Waals surface area contributed by atoms with Crippen LogP contribution in [0.15, 0.2) is 97.3 Å². The maximum Gasteiger partial charge on any atom is 0.267 e. The molecular formula is C28H23ClN6O2S2. The topological polar surface area (TPSA) is 134 Å². The lowest BCUT2D eigenvalue weighted by atomic mass is 10.2. The van der Waals surface area contributed by atoms with Gasteiger partial charge in [-0.25, -0.2) is 9.97 Å². The Kier molecular flexibility index (Phi) is 11.3. The van der Waals surface area contributed by atoms with Gasteiger partial charge >= 0.3 is 0 Å². The van der Waals surface area contributed by atoms with Crippen LogP contribution in [0.25, 0.3) is 10.2 Å². The van der Waals surface area contributed by atoms with Gasteiger partial charge in [-0.2, -0.15) is 17.9 Å². The van der Waals surface area contributed by atoms with E-state index in [1.54, 1.807) is 24.5 Å². The normalized spacial score (nSPS) is 9.67. The molecule has 8 nitrogen and oxygen atoms in total. The monoisotopic (exact) mass is 574 g/mol. The van der Waals surface area contributed by atoms with Gasteiger partial charge in [0.1, 0.15) is 20.9 Å². The molecule has 5 aromatic rings. The zero-order chi connectivity index (χ0) is 28.0. The van der Waals surface area contributed by atoms with Crippen LogP contribution in [0.3, 0.4) is 0 Å². The molecule has 196 valence electrons. The molecule has 0 fully saturated rings. The first-order valence-electron chi connectivity index (χ1n) is 11.4. The maximum absolute atomic E-state index is 12.2. The molecule has 3 heterocycles. The Hall–Kier alpha value is -4.43. The Labute approximate surface area is 239 Å². The number of aromatic nitrogens is 2. The van der Waals surface area contributed by atoms with Crippen LogP contribution in [0, 0.1) is 11.3 Å². The van der Waals surface area contributed by atoms with Crippen molar-refractivity contribution >= 4 is 74.7 Å². The number of pyridine rings is 2. The SMILES string of the molecule is N#Cc1cccnc1Cl.Nc1c(C(=O)Nc2ccccc2)sc2ncccc12.O=C(CS)Nc1ccccc1. The molecule has 0 bridgehead atoms. The van der Waals surface area contributed by atoms with E-state index in [2.05, 4.69) is 33.2 Å². The molecule has 2 amide bonds. The van der Waals surface area contributed by atoms with Crippen LogP contribution in [0.5, 0.6) is 0 Å². The lowest BCUT2D eigenvalue weighted by Crippen LogP contribution is -2.12. The minimum absolute atomic E-state index is 0.0838. The zero-order valence-corrected chi connectivity index (χ0v) is 22.9. The number of carbonyl (C=O) groups excluding carboxylic acids is 2. The molecule has 0 radical (unpaired) electrons. The van der Waals surface area contributed by atoms with E-state index in [0.717, 1.165) is 21.6 Å². The molecule has 39 heavy (non-hydrogen) atoms. The maximum atomic E-state index is 12.2. The summed E-state index contributed by atoms with van der Waals surface area (Å²) in [5, 5.41) is 14.9. The highest BCUT2D eigenvalue weighted by Crippen LogP contribution is 2.32. The summed E-state index contributed by atoms with van der Waals surface area (Å²) < 4.78 is 0. The summed E-state index contributed by atoms with van der Waals surface area (Å²) in [6.07, 6.45) is 3.24. The van der Waals surface area contributed by atoms with Gasteiger partial charge in [-0.1, -0.05) is 48.0 Å². The number of fused-ring (bicyclic) bond motifs is 1. The average molecular weight is 575 g/mol. The van der Waals surface area contributed by atoms with Crippen molar-refractivity contribution in [3.8, 4) is 6.07 Å². The second-order valence-electron chi connectivity index (χ2n) is 7.55. The highest BCUT2D eigenvalue weighted by molar-refractivity contribution is 7.81. The molecular weight excluding hydrogens is 552 g/mol. The Bertz CT molecular complexity index is 1570. The number of nitriles is 1. The van der Waals surface area contributed by atoms with Crippen molar-refractivity contribution in [1.29, 1.82) is 5.26 Å². The highest BCUT2D eigenvalue weighted by Gasteiger charge is 2.16. The summed E-state index contributed by atoms with van der Waals surface area (Å²) in [6, 6.07) is 27.5. The first-order chi connectivity index (χ1) is 18.9. The van der Waals surface area contributed by atoms with Crippen LogP contribution >= 0.6 is 35.6 Å². The van der Waals surface area contributed by atoms with Gasteiger partial charge in [0.2, 0.25) is 5.91 Å². The molecule has 0 spiro atoms. The largest absolute Gasteiger partial charge is 0.397 e. The first kappa shape index (κ1) is 29.1. The second kappa shape index (κ2) is 15.1. The Morgan fingerprint density at radius 3 is 2.03 bits per heavy atom. The Balaban J connectivity index is 0.000000179. The van der Waals surface area contributed by atoms with Gasteiger partial charge in [-0.15, -0.1) is 11.3 Å². The van der Waals surface area contributed by atoms with Gasteiger partial charge in [0, 0.05) is 29.2 Å². The van der Waals surface area contributed by atoms with Crippen LogP contribution in [0.2, 0.25) is 5.15 Å². The summed E-state index contributed by atoms with van der Waals surface area (Å²) in [5.41, 5.74) is 8.47. The smallest absolute Gasteiger partial charge is 0.267 e. The number of benzene rings is 2. The van der Waals surface area contributed by atoms with E-state index in [0.29, 0.717) is 16.1 Å². The molecule has 0 saturated heterocycles. The van der Waals surface area contributed by atoms with E-state index < -0.39 is 0 Å². The van der Waals surface area contributed by atoms with E-state index in [1.807, 2.05) is 78.9 Å². The van der Waals surface area contributed by atoms with Crippen molar-refractivity contribution in [3.05, 3.63) is 113 Å². The number of nitrogens with zero attached hydrogens (tertiary/aromatic N) is 3. The number of nitrogen functional groups attached to an aromatic ring is 1. The van der Waals surface area contributed by atoms with Gasteiger partial charge in [-0.05, 0) is 48.5 Å². The lowest BCUT2D eigenvalue weighted by Gasteiger charge is -2.03. The zero-order valence-electron chi connectivity index (χ0n) is 20.4. The van der Waals surface area contributed by atoms with E-state index in [9.17, 15) is 9.59 Å². The average Bonchev–Trinajstić information content (AvgIpc) is 3.31. The minimum Gasteiger partial charge on any atom is -0.397 e. The summed E-state index contributed by atoms with van der Waals surface area (Å²) in [6.45, 7) is 0. The number of carbonyl (C=O) groups is 2. The molecule has 0 unspecified atom stereocenters. The van der Waals surface area contributed by atoms with Crippen molar-refractivity contribution < 1.29 is 9.59 Å². The number of halogens is 1. The van der Waals surface area contributed by atoms with Crippen molar-refractivity contribution in [3.63, 3.8) is 0 Å². The Morgan fingerprint density at radius 1 is 0.897 bits per heavy atom. The first-order valence-corrected chi connectivity index (χ1v) is 13.2. The summed E-state index contributed by atoms with van der Waals surface area (Å²) in [5.74, 6) is -0.0687. The highest BCUT2D eigenvalue weighted by atomic mass is 35.5. The van der Waals surface area contributed by atoms with E-state index in [1.165, 1.54) is 11.3 Å². The van der Waals surface area contributed by atoms with Gasteiger partial charge in [-0.3, -0.25) is 9.59 Å². The molecule has 4 N–H and O–H groups in total. The number of thiophene rings is 1. The number of nitrogens with two attached hydrogens (primary N) is 1.